The highest BCUT2D eigenvalue weighted by atomic mass is 79.9. The first-order valence-corrected chi connectivity index (χ1v) is 4.67. The molecule has 0 fully saturated rings. The normalized spacial score (nSPS) is 10.7. The molecule has 0 saturated carbocycles. The summed E-state index contributed by atoms with van der Waals surface area (Å²) in [4.78, 5) is 3.88. The Morgan fingerprint density at radius 3 is 2.71 bits per heavy atom. The Balaban J connectivity index is 2.95. The number of fused-ring (bicyclic) bond motifs is 1. The lowest BCUT2D eigenvalue weighted by atomic mass is 10.1. The molecule has 2 aromatic rings. The maximum absolute atomic E-state index is 13.4. The van der Waals surface area contributed by atoms with Gasteiger partial charge in [0.25, 0.3) is 0 Å². The van der Waals surface area contributed by atoms with Gasteiger partial charge in [0, 0.05) is 9.86 Å². The number of hydrogen-bond acceptors (Lipinski definition) is 3. The second-order valence-corrected chi connectivity index (χ2v) is 3.83. The van der Waals surface area contributed by atoms with Crippen molar-refractivity contribution in [2.75, 3.05) is 11.5 Å². The number of nitrogens with zero attached hydrogens (tertiary/aromatic N) is 1. The number of nitrogen functional groups attached to an aromatic ring is 2. The lowest BCUT2D eigenvalue weighted by Gasteiger charge is -2.05. The number of hydrogen-bond donors (Lipinski definition) is 2. The number of anilines is 2. The molecule has 0 radical (unpaired) electrons. The highest BCUT2D eigenvalue weighted by Crippen LogP contribution is 2.29. The molecule has 0 amide bonds. The van der Waals surface area contributed by atoms with E-state index in [1.807, 2.05) is 0 Å². The molecule has 0 aliphatic carbocycles. The molecule has 4 N–H and O–H groups in total. The first-order chi connectivity index (χ1) is 6.59. The van der Waals surface area contributed by atoms with Crippen LogP contribution in [0, 0.1) is 5.82 Å². The minimum atomic E-state index is -0.416. The highest BCUT2D eigenvalue weighted by Gasteiger charge is 2.08. The molecule has 0 saturated heterocycles. The van der Waals surface area contributed by atoms with Gasteiger partial charge in [-0.1, -0.05) is 15.9 Å². The van der Waals surface area contributed by atoms with Gasteiger partial charge in [0.1, 0.15) is 5.52 Å². The van der Waals surface area contributed by atoms with Gasteiger partial charge in [0.15, 0.2) is 5.82 Å². The summed E-state index contributed by atoms with van der Waals surface area (Å²) in [5.41, 5.74) is 12.2. The summed E-state index contributed by atoms with van der Waals surface area (Å²) in [6.45, 7) is 0. The van der Waals surface area contributed by atoms with E-state index >= 15 is 0 Å². The zero-order valence-electron chi connectivity index (χ0n) is 7.09. The molecule has 0 unspecified atom stereocenters. The van der Waals surface area contributed by atoms with Gasteiger partial charge in [-0.15, -0.1) is 0 Å². The standard InChI is InChI=1S/C9H7BrFN3/c10-4-1-5-8(13)7(12)3-14-9(5)6(11)2-4/h1-3H,12H2,(H2,13,14). The van der Waals surface area contributed by atoms with Crippen molar-refractivity contribution in [2.24, 2.45) is 0 Å². The van der Waals surface area contributed by atoms with Crippen molar-refractivity contribution in [3.63, 3.8) is 0 Å². The van der Waals surface area contributed by atoms with Crippen molar-refractivity contribution in [1.29, 1.82) is 0 Å². The summed E-state index contributed by atoms with van der Waals surface area (Å²) in [7, 11) is 0. The first-order valence-electron chi connectivity index (χ1n) is 3.88. The highest BCUT2D eigenvalue weighted by molar-refractivity contribution is 9.10. The second-order valence-electron chi connectivity index (χ2n) is 2.91. The fourth-order valence-electron chi connectivity index (χ4n) is 1.26. The van der Waals surface area contributed by atoms with Crippen molar-refractivity contribution in [1.82, 2.24) is 4.98 Å². The van der Waals surface area contributed by atoms with Gasteiger partial charge < -0.3 is 11.5 Å². The Morgan fingerprint density at radius 2 is 2.00 bits per heavy atom. The molecule has 72 valence electrons. The Bertz CT molecular complexity index is 513. The Labute approximate surface area is 88.0 Å². The minimum Gasteiger partial charge on any atom is -0.396 e. The average molecular weight is 256 g/mol. The summed E-state index contributed by atoms with van der Waals surface area (Å²) >= 11 is 3.18. The average Bonchev–Trinajstić information content (AvgIpc) is 2.12. The lowest BCUT2D eigenvalue weighted by molar-refractivity contribution is 0.636. The van der Waals surface area contributed by atoms with Crippen molar-refractivity contribution in [3.05, 3.63) is 28.6 Å². The monoisotopic (exact) mass is 255 g/mol. The maximum Gasteiger partial charge on any atom is 0.150 e. The van der Waals surface area contributed by atoms with E-state index in [2.05, 4.69) is 20.9 Å². The summed E-state index contributed by atoms with van der Waals surface area (Å²) in [5, 5.41) is 0.525. The zero-order chi connectivity index (χ0) is 10.3. The van der Waals surface area contributed by atoms with E-state index in [0.717, 1.165) is 0 Å². The maximum atomic E-state index is 13.4. The third kappa shape index (κ3) is 1.29. The molecule has 5 heteroatoms. The summed E-state index contributed by atoms with van der Waals surface area (Å²) in [6.07, 6.45) is 1.36. The van der Waals surface area contributed by atoms with Crippen LogP contribution in [-0.4, -0.2) is 4.98 Å². The van der Waals surface area contributed by atoms with Crippen LogP contribution in [0.25, 0.3) is 10.9 Å². The number of rotatable bonds is 0. The quantitative estimate of drug-likeness (QED) is 0.760. The number of benzene rings is 1. The van der Waals surface area contributed by atoms with Crippen molar-refractivity contribution >= 4 is 38.2 Å². The van der Waals surface area contributed by atoms with Gasteiger partial charge in [0.05, 0.1) is 17.6 Å². The smallest absolute Gasteiger partial charge is 0.150 e. The Morgan fingerprint density at radius 1 is 1.29 bits per heavy atom. The predicted molar refractivity (Wildman–Crippen MR) is 58.2 cm³/mol. The molecule has 0 aliphatic heterocycles. The van der Waals surface area contributed by atoms with Gasteiger partial charge in [-0.05, 0) is 12.1 Å². The SMILES string of the molecule is Nc1cnc2c(F)cc(Br)cc2c1N. The molecule has 2 rings (SSSR count). The Hall–Kier alpha value is -1.36. The number of pyridine rings is 1. The lowest BCUT2D eigenvalue weighted by Crippen LogP contribution is -1.98. The minimum absolute atomic E-state index is 0.236. The van der Waals surface area contributed by atoms with E-state index in [0.29, 0.717) is 21.2 Å². The fourth-order valence-corrected chi connectivity index (χ4v) is 1.69. The van der Waals surface area contributed by atoms with Crippen molar-refractivity contribution < 1.29 is 4.39 Å². The fraction of sp³-hybridized carbons (Fsp3) is 0. The van der Waals surface area contributed by atoms with Crippen LogP contribution >= 0.6 is 15.9 Å². The van der Waals surface area contributed by atoms with E-state index < -0.39 is 5.82 Å². The topological polar surface area (TPSA) is 64.9 Å². The number of aromatic nitrogens is 1. The largest absolute Gasteiger partial charge is 0.396 e. The van der Waals surface area contributed by atoms with Crippen LogP contribution in [0.4, 0.5) is 15.8 Å². The van der Waals surface area contributed by atoms with Gasteiger partial charge in [-0.2, -0.15) is 0 Å². The third-order valence-electron chi connectivity index (χ3n) is 1.96. The summed E-state index contributed by atoms with van der Waals surface area (Å²) in [6, 6.07) is 3.03. The van der Waals surface area contributed by atoms with Crippen LogP contribution in [-0.2, 0) is 0 Å². The molecule has 14 heavy (non-hydrogen) atoms. The van der Waals surface area contributed by atoms with Crippen LogP contribution < -0.4 is 11.5 Å². The molecule has 1 aromatic carbocycles. The molecule has 0 bridgehead atoms. The molecule has 1 aromatic heterocycles. The molecule has 3 nitrogen and oxygen atoms in total. The van der Waals surface area contributed by atoms with Crippen LogP contribution in [0.3, 0.4) is 0 Å². The van der Waals surface area contributed by atoms with E-state index in [-0.39, 0.29) is 5.52 Å². The van der Waals surface area contributed by atoms with Gasteiger partial charge >= 0.3 is 0 Å². The molecule has 1 heterocycles. The molecular weight excluding hydrogens is 249 g/mol. The zero-order valence-corrected chi connectivity index (χ0v) is 8.68. The van der Waals surface area contributed by atoms with E-state index in [1.165, 1.54) is 12.3 Å². The van der Waals surface area contributed by atoms with Crippen LogP contribution in [0.15, 0.2) is 22.8 Å². The Kier molecular flexibility index (Phi) is 2.03. The van der Waals surface area contributed by atoms with Crippen LogP contribution in [0.1, 0.15) is 0 Å². The number of nitrogens with two attached hydrogens (primary N) is 2. The van der Waals surface area contributed by atoms with Gasteiger partial charge in [-0.25, -0.2) is 4.39 Å². The van der Waals surface area contributed by atoms with Gasteiger partial charge in [0.2, 0.25) is 0 Å². The predicted octanol–water partition coefficient (Wildman–Crippen LogP) is 2.30. The van der Waals surface area contributed by atoms with Crippen molar-refractivity contribution in [3.8, 4) is 0 Å². The van der Waals surface area contributed by atoms with E-state index in [9.17, 15) is 4.39 Å². The molecule has 0 atom stereocenters. The second kappa shape index (κ2) is 3.09. The summed E-state index contributed by atoms with van der Waals surface area (Å²) < 4.78 is 14.0. The molecule has 0 spiro atoms. The van der Waals surface area contributed by atoms with E-state index in [1.54, 1.807) is 6.07 Å². The molecule has 0 aliphatic rings. The van der Waals surface area contributed by atoms with Crippen LogP contribution in [0.2, 0.25) is 0 Å². The van der Waals surface area contributed by atoms with Crippen molar-refractivity contribution in [2.45, 2.75) is 0 Å². The first kappa shape index (κ1) is 9.21. The van der Waals surface area contributed by atoms with Gasteiger partial charge in [-0.3, -0.25) is 4.98 Å². The van der Waals surface area contributed by atoms with Crippen LogP contribution in [0.5, 0.6) is 0 Å². The summed E-state index contributed by atoms with van der Waals surface area (Å²) in [5.74, 6) is -0.416. The number of halogens is 2. The third-order valence-corrected chi connectivity index (χ3v) is 2.42. The molecular formula is C9H7BrFN3. The van der Waals surface area contributed by atoms with E-state index in [4.69, 9.17) is 11.5 Å².